The van der Waals surface area contributed by atoms with Gasteiger partial charge in [0.25, 0.3) is 0 Å². The number of esters is 1. The third-order valence-corrected chi connectivity index (χ3v) is 2.46. The molecule has 0 saturated heterocycles. The van der Waals surface area contributed by atoms with Gasteiger partial charge in [-0.05, 0) is 27.7 Å². The van der Waals surface area contributed by atoms with Crippen LogP contribution in [0.3, 0.4) is 0 Å². The fraction of sp³-hybridized carbons (Fsp3) is 0.750. The Balaban J connectivity index is 2.36. The number of aliphatic hydroxyl groups is 1. The summed E-state index contributed by atoms with van der Waals surface area (Å²) in [7, 11) is 0. The van der Waals surface area contributed by atoms with Gasteiger partial charge in [0.2, 0.25) is 0 Å². The largest absolute Gasteiger partial charge is 0.456 e. The molecule has 92 valence electrons. The minimum Gasteiger partial charge on any atom is -0.456 e. The molecule has 0 aliphatic heterocycles. The molecule has 1 N–H and O–H groups in total. The Morgan fingerprint density at radius 3 is 2.62 bits per heavy atom. The van der Waals surface area contributed by atoms with Crippen LogP contribution in [0.4, 0.5) is 0 Å². The summed E-state index contributed by atoms with van der Waals surface area (Å²) in [6.07, 6.45) is 0.446. The zero-order valence-electron chi connectivity index (χ0n) is 10.4. The van der Waals surface area contributed by atoms with E-state index in [0.717, 1.165) is 0 Å². The first kappa shape index (κ1) is 13.2. The maximum Gasteiger partial charge on any atom is 0.333 e. The Morgan fingerprint density at radius 2 is 2.19 bits per heavy atom. The highest BCUT2D eigenvalue weighted by Crippen LogP contribution is 2.43. The van der Waals surface area contributed by atoms with Crippen LogP contribution in [-0.4, -0.2) is 35.0 Å². The second kappa shape index (κ2) is 4.18. The lowest BCUT2D eigenvalue weighted by Crippen LogP contribution is -2.31. The second-order valence-electron chi connectivity index (χ2n) is 5.29. The lowest BCUT2D eigenvalue weighted by atomic mass is 10.2. The molecule has 0 bridgehead atoms. The molecule has 2 atom stereocenters. The van der Waals surface area contributed by atoms with Gasteiger partial charge in [-0.3, -0.25) is 0 Å². The van der Waals surface area contributed by atoms with Crippen LogP contribution >= 0.6 is 0 Å². The number of carbonyl (C=O) groups excluding carboxylic acids is 1. The molecule has 0 radical (unpaired) electrons. The van der Waals surface area contributed by atoms with Crippen molar-refractivity contribution >= 4 is 5.97 Å². The standard InChI is InChI=1S/C12H20O4/c1-8(2)10(13)16-9-6-12(9,5)15-7-11(3,4)14/h9,14H,1,6-7H2,2-5H3. The highest BCUT2D eigenvalue weighted by Gasteiger charge is 2.55. The molecule has 0 heterocycles. The molecule has 0 spiro atoms. The molecule has 16 heavy (non-hydrogen) atoms. The minimum atomic E-state index is -0.867. The van der Waals surface area contributed by atoms with Crippen LogP contribution in [0.2, 0.25) is 0 Å². The van der Waals surface area contributed by atoms with Crippen molar-refractivity contribution in [1.82, 2.24) is 0 Å². The number of hydrogen-bond acceptors (Lipinski definition) is 4. The van der Waals surface area contributed by atoms with Gasteiger partial charge >= 0.3 is 5.97 Å². The molecule has 0 amide bonds. The molecule has 0 aromatic heterocycles. The first-order valence-corrected chi connectivity index (χ1v) is 5.37. The van der Waals surface area contributed by atoms with Gasteiger partial charge in [-0.1, -0.05) is 6.58 Å². The molecule has 1 aliphatic carbocycles. The van der Waals surface area contributed by atoms with E-state index in [-0.39, 0.29) is 18.7 Å². The smallest absolute Gasteiger partial charge is 0.333 e. The average molecular weight is 228 g/mol. The van der Waals surface area contributed by atoms with Gasteiger partial charge in [0.1, 0.15) is 11.7 Å². The molecular weight excluding hydrogens is 208 g/mol. The van der Waals surface area contributed by atoms with Crippen LogP contribution in [0.5, 0.6) is 0 Å². The van der Waals surface area contributed by atoms with Crippen LogP contribution in [0.1, 0.15) is 34.1 Å². The number of carbonyl (C=O) groups is 1. The Labute approximate surface area is 96.2 Å². The van der Waals surface area contributed by atoms with E-state index in [2.05, 4.69) is 6.58 Å². The number of rotatable bonds is 5. The van der Waals surface area contributed by atoms with Crippen LogP contribution in [0.25, 0.3) is 0 Å². The number of ether oxygens (including phenoxy) is 2. The molecule has 0 aromatic carbocycles. The topological polar surface area (TPSA) is 55.8 Å². The maximum atomic E-state index is 11.3. The summed E-state index contributed by atoms with van der Waals surface area (Å²) in [6.45, 7) is 10.6. The summed E-state index contributed by atoms with van der Waals surface area (Å²) in [5.74, 6) is -0.388. The molecular formula is C12H20O4. The summed E-state index contributed by atoms with van der Waals surface area (Å²) >= 11 is 0. The summed E-state index contributed by atoms with van der Waals surface area (Å²) in [4.78, 5) is 11.3. The maximum absolute atomic E-state index is 11.3. The first-order chi connectivity index (χ1) is 7.14. The Bertz CT molecular complexity index is 303. The highest BCUT2D eigenvalue weighted by atomic mass is 16.6. The number of hydrogen-bond donors (Lipinski definition) is 1. The van der Waals surface area contributed by atoms with E-state index >= 15 is 0 Å². The Kier molecular flexibility index (Phi) is 3.45. The van der Waals surface area contributed by atoms with Crippen molar-refractivity contribution in [1.29, 1.82) is 0 Å². The van der Waals surface area contributed by atoms with Crippen LogP contribution in [-0.2, 0) is 14.3 Å². The van der Waals surface area contributed by atoms with Gasteiger partial charge in [-0.25, -0.2) is 4.79 Å². The van der Waals surface area contributed by atoms with E-state index < -0.39 is 11.2 Å². The molecule has 1 fully saturated rings. The van der Waals surface area contributed by atoms with E-state index in [4.69, 9.17) is 9.47 Å². The SMILES string of the molecule is C=C(C)C(=O)OC1CC1(C)OCC(C)(C)O. The minimum absolute atomic E-state index is 0.223. The van der Waals surface area contributed by atoms with E-state index in [1.54, 1.807) is 20.8 Å². The summed E-state index contributed by atoms with van der Waals surface area (Å²) < 4.78 is 10.7. The zero-order valence-corrected chi connectivity index (χ0v) is 10.4. The van der Waals surface area contributed by atoms with Crippen molar-refractivity contribution in [3.63, 3.8) is 0 Å². The monoisotopic (exact) mass is 228 g/mol. The van der Waals surface area contributed by atoms with Crippen LogP contribution < -0.4 is 0 Å². The Hall–Kier alpha value is -0.870. The normalized spacial score (nSPS) is 28.7. The van der Waals surface area contributed by atoms with Gasteiger partial charge in [-0.15, -0.1) is 0 Å². The van der Waals surface area contributed by atoms with E-state index in [0.29, 0.717) is 12.0 Å². The lowest BCUT2D eigenvalue weighted by molar-refractivity contribution is -0.144. The van der Waals surface area contributed by atoms with Crippen molar-refractivity contribution in [3.05, 3.63) is 12.2 Å². The molecule has 0 aromatic rings. The third kappa shape index (κ3) is 3.61. The summed E-state index contributed by atoms with van der Waals surface area (Å²) in [5.41, 5.74) is -0.934. The predicted octanol–water partition coefficient (Wildman–Crippen LogP) is 1.42. The van der Waals surface area contributed by atoms with Crippen LogP contribution in [0.15, 0.2) is 12.2 Å². The van der Waals surface area contributed by atoms with E-state index in [1.807, 2.05) is 6.92 Å². The fourth-order valence-electron chi connectivity index (χ4n) is 1.20. The van der Waals surface area contributed by atoms with Gasteiger partial charge in [-0.2, -0.15) is 0 Å². The molecule has 1 saturated carbocycles. The Morgan fingerprint density at radius 1 is 1.62 bits per heavy atom. The van der Waals surface area contributed by atoms with Crippen molar-refractivity contribution in [2.75, 3.05) is 6.61 Å². The van der Waals surface area contributed by atoms with Crippen molar-refractivity contribution in [3.8, 4) is 0 Å². The van der Waals surface area contributed by atoms with Gasteiger partial charge in [0.15, 0.2) is 0 Å². The second-order valence-corrected chi connectivity index (χ2v) is 5.29. The van der Waals surface area contributed by atoms with Crippen molar-refractivity contribution in [2.45, 2.75) is 51.4 Å². The summed E-state index contributed by atoms with van der Waals surface area (Å²) in [6, 6.07) is 0. The van der Waals surface area contributed by atoms with E-state index in [1.165, 1.54) is 0 Å². The quantitative estimate of drug-likeness (QED) is 0.571. The van der Waals surface area contributed by atoms with Crippen LogP contribution in [0, 0.1) is 0 Å². The molecule has 4 nitrogen and oxygen atoms in total. The third-order valence-electron chi connectivity index (χ3n) is 2.46. The van der Waals surface area contributed by atoms with Crippen molar-refractivity contribution in [2.24, 2.45) is 0 Å². The molecule has 2 unspecified atom stereocenters. The highest BCUT2D eigenvalue weighted by molar-refractivity contribution is 5.87. The van der Waals surface area contributed by atoms with Gasteiger partial charge in [0, 0.05) is 12.0 Å². The predicted molar refractivity (Wildman–Crippen MR) is 60.0 cm³/mol. The molecule has 1 rings (SSSR count). The van der Waals surface area contributed by atoms with Gasteiger partial charge < -0.3 is 14.6 Å². The van der Waals surface area contributed by atoms with Gasteiger partial charge in [0.05, 0.1) is 12.2 Å². The molecule has 1 aliphatic rings. The molecule has 4 heteroatoms. The van der Waals surface area contributed by atoms with Crippen molar-refractivity contribution < 1.29 is 19.4 Å². The van der Waals surface area contributed by atoms with E-state index in [9.17, 15) is 9.90 Å². The lowest BCUT2D eigenvalue weighted by Gasteiger charge is -2.21. The average Bonchev–Trinajstić information content (AvgIpc) is 2.73. The first-order valence-electron chi connectivity index (χ1n) is 5.37. The fourth-order valence-corrected chi connectivity index (χ4v) is 1.20. The summed E-state index contributed by atoms with van der Waals surface area (Å²) in [5, 5.41) is 9.52. The zero-order chi connectivity index (χ0) is 12.6.